The normalized spacial score (nSPS) is 26.6. The van der Waals surface area contributed by atoms with Crippen LogP contribution in [0.1, 0.15) is 45.9 Å². The molecular formula is C17H30N2S. The second kappa shape index (κ2) is 6.59. The fourth-order valence-electron chi connectivity index (χ4n) is 3.02. The van der Waals surface area contributed by atoms with Crippen LogP contribution in [-0.4, -0.2) is 30.1 Å². The van der Waals surface area contributed by atoms with Crippen LogP contribution in [0.2, 0.25) is 0 Å². The number of rotatable bonds is 4. The molecule has 0 saturated carbocycles. The van der Waals surface area contributed by atoms with E-state index in [-0.39, 0.29) is 0 Å². The Morgan fingerprint density at radius 1 is 1.45 bits per heavy atom. The van der Waals surface area contributed by atoms with Crippen molar-refractivity contribution in [1.29, 1.82) is 0 Å². The highest BCUT2D eigenvalue weighted by atomic mass is 32.1. The first-order valence-electron chi connectivity index (χ1n) is 7.91. The molecule has 1 saturated heterocycles. The van der Waals surface area contributed by atoms with E-state index in [2.05, 4.69) is 62.3 Å². The van der Waals surface area contributed by atoms with Gasteiger partial charge in [-0.05, 0) is 22.8 Å². The molecule has 1 fully saturated rings. The summed E-state index contributed by atoms with van der Waals surface area (Å²) in [5.74, 6) is 0.753. The second-order valence-corrected chi connectivity index (χ2v) is 8.32. The van der Waals surface area contributed by atoms with Crippen LogP contribution >= 0.6 is 11.3 Å². The Morgan fingerprint density at radius 3 is 2.75 bits per heavy atom. The van der Waals surface area contributed by atoms with Crippen molar-refractivity contribution < 1.29 is 0 Å². The zero-order valence-corrected chi connectivity index (χ0v) is 14.5. The monoisotopic (exact) mass is 294 g/mol. The number of hydrogen-bond acceptors (Lipinski definition) is 3. The van der Waals surface area contributed by atoms with Gasteiger partial charge in [0.05, 0.1) is 0 Å². The average molecular weight is 295 g/mol. The number of nitrogens with zero attached hydrogens (tertiary/aromatic N) is 1. The van der Waals surface area contributed by atoms with Crippen LogP contribution in [0, 0.1) is 11.3 Å². The zero-order chi connectivity index (χ0) is 14.8. The standard InChI is InChI=1S/C17H30N2S/c1-6-13(2)15-10-18-16(17(3,4)5)12-19(15)11-14-8-7-9-20-14/h7-9,13,15-16,18H,6,10-12H2,1-5H3. The fraction of sp³-hybridized carbons (Fsp3) is 0.765. The minimum Gasteiger partial charge on any atom is -0.311 e. The van der Waals surface area contributed by atoms with Crippen LogP contribution in [-0.2, 0) is 6.54 Å². The van der Waals surface area contributed by atoms with Gasteiger partial charge in [0.2, 0.25) is 0 Å². The Hall–Kier alpha value is -0.380. The summed E-state index contributed by atoms with van der Waals surface area (Å²) in [7, 11) is 0. The molecule has 3 atom stereocenters. The first-order valence-corrected chi connectivity index (χ1v) is 8.79. The maximum absolute atomic E-state index is 3.80. The third-order valence-corrected chi connectivity index (χ3v) is 5.61. The molecule has 0 aromatic carbocycles. The Kier molecular flexibility index (Phi) is 5.27. The van der Waals surface area contributed by atoms with E-state index in [0.29, 0.717) is 17.5 Å². The fourth-order valence-corrected chi connectivity index (χ4v) is 3.75. The van der Waals surface area contributed by atoms with E-state index < -0.39 is 0 Å². The predicted molar refractivity (Wildman–Crippen MR) is 89.2 cm³/mol. The van der Waals surface area contributed by atoms with E-state index in [1.807, 2.05) is 11.3 Å². The summed E-state index contributed by atoms with van der Waals surface area (Å²) in [5.41, 5.74) is 0.328. The van der Waals surface area contributed by atoms with Gasteiger partial charge >= 0.3 is 0 Å². The number of thiophene rings is 1. The van der Waals surface area contributed by atoms with E-state index >= 15 is 0 Å². The lowest BCUT2D eigenvalue weighted by Crippen LogP contribution is -2.61. The molecule has 0 radical (unpaired) electrons. The molecule has 0 spiro atoms. The molecule has 2 rings (SSSR count). The Labute approximate surface area is 128 Å². The van der Waals surface area contributed by atoms with E-state index in [1.54, 1.807) is 0 Å². The molecule has 3 unspecified atom stereocenters. The van der Waals surface area contributed by atoms with Gasteiger partial charge in [0.15, 0.2) is 0 Å². The Balaban J connectivity index is 2.10. The van der Waals surface area contributed by atoms with Crippen molar-refractivity contribution in [3.05, 3.63) is 22.4 Å². The van der Waals surface area contributed by atoms with E-state index in [4.69, 9.17) is 0 Å². The minimum absolute atomic E-state index is 0.328. The molecule has 1 aromatic heterocycles. The van der Waals surface area contributed by atoms with Crippen LogP contribution in [0.3, 0.4) is 0 Å². The molecule has 1 aromatic rings. The van der Waals surface area contributed by atoms with Gasteiger partial charge in [-0.25, -0.2) is 0 Å². The van der Waals surface area contributed by atoms with Crippen molar-refractivity contribution in [2.75, 3.05) is 13.1 Å². The van der Waals surface area contributed by atoms with Gasteiger partial charge in [0, 0.05) is 36.6 Å². The number of hydrogen-bond donors (Lipinski definition) is 1. The average Bonchev–Trinajstić information content (AvgIpc) is 2.89. The zero-order valence-electron chi connectivity index (χ0n) is 13.6. The quantitative estimate of drug-likeness (QED) is 0.903. The van der Waals surface area contributed by atoms with Gasteiger partial charge in [-0.3, -0.25) is 4.90 Å². The summed E-state index contributed by atoms with van der Waals surface area (Å²) in [6, 6.07) is 5.69. The topological polar surface area (TPSA) is 15.3 Å². The maximum Gasteiger partial charge on any atom is 0.0332 e. The molecule has 114 valence electrons. The van der Waals surface area contributed by atoms with E-state index in [1.165, 1.54) is 11.3 Å². The van der Waals surface area contributed by atoms with Gasteiger partial charge in [-0.15, -0.1) is 11.3 Å². The summed E-state index contributed by atoms with van der Waals surface area (Å²) in [6.07, 6.45) is 1.26. The number of nitrogens with one attached hydrogen (secondary N) is 1. The highest BCUT2D eigenvalue weighted by molar-refractivity contribution is 7.09. The third kappa shape index (κ3) is 3.84. The second-order valence-electron chi connectivity index (χ2n) is 7.29. The number of piperazine rings is 1. The molecular weight excluding hydrogens is 264 g/mol. The summed E-state index contributed by atoms with van der Waals surface area (Å²) in [4.78, 5) is 4.21. The molecule has 2 nitrogen and oxygen atoms in total. The van der Waals surface area contributed by atoms with Crippen LogP contribution in [0.25, 0.3) is 0 Å². The van der Waals surface area contributed by atoms with Gasteiger partial charge in [-0.1, -0.05) is 47.1 Å². The Morgan fingerprint density at radius 2 is 2.20 bits per heavy atom. The summed E-state index contributed by atoms with van der Waals surface area (Å²) >= 11 is 1.88. The lowest BCUT2D eigenvalue weighted by atomic mass is 9.83. The molecule has 2 heterocycles. The third-order valence-electron chi connectivity index (χ3n) is 4.74. The first-order chi connectivity index (χ1) is 9.41. The molecule has 1 aliphatic rings. The predicted octanol–water partition coefficient (Wildman–Crippen LogP) is 3.98. The van der Waals surface area contributed by atoms with Crippen molar-refractivity contribution in [3.8, 4) is 0 Å². The highest BCUT2D eigenvalue weighted by Gasteiger charge is 2.35. The molecule has 0 amide bonds. The molecule has 0 bridgehead atoms. The lowest BCUT2D eigenvalue weighted by Gasteiger charge is -2.46. The van der Waals surface area contributed by atoms with Crippen molar-refractivity contribution >= 4 is 11.3 Å². The van der Waals surface area contributed by atoms with Crippen molar-refractivity contribution in [3.63, 3.8) is 0 Å². The van der Waals surface area contributed by atoms with Gasteiger partial charge < -0.3 is 5.32 Å². The maximum atomic E-state index is 3.80. The minimum atomic E-state index is 0.328. The van der Waals surface area contributed by atoms with Crippen LogP contribution in [0.5, 0.6) is 0 Å². The molecule has 20 heavy (non-hydrogen) atoms. The van der Waals surface area contributed by atoms with Crippen LogP contribution in [0.15, 0.2) is 17.5 Å². The Bertz CT molecular complexity index is 394. The molecule has 1 N–H and O–H groups in total. The van der Waals surface area contributed by atoms with E-state index in [9.17, 15) is 0 Å². The van der Waals surface area contributed by atoms with Crippen molar-refractivity contribution in [1.82, 2.24) is 10.2 Å². The summed E-state index contributed by atoms with van der Waals surface area (Å²) < 4.78 is 0. The lowest BCUT2D eigenvalue weighted by molar-refractivity contribution is 0.0530. The molecule has 0 aliphatic carbocycles. The van der Waals surface area contributed by atoms with Crippen LogP contribution in [0.4, 0.5) is 0 Å². The van der Waals surface area contributed by atoms with Crippen LogP contribution < -0.4 is 5.32 Å². The van der Waals surface area contributed by atoms with Crippen molar-refractivity contribution in [2.24, 2.45) is 11.3 Å². The SMILES string of the molecule is CCC(C)C1CNC(C(C)(C)C)CN1Cc1cccs1. The smallest absolute Gasteiger partial charge is 0.0332 e. The highest BCUT2D eigenvalue weighted by Crippen LogP contribution is 2.28. The first kappa shape index (κ1) is 16.0. The van der Waals surface area contributed by atoms with E-state index in [0.717, 1.165) is 25.6 Å². The summed E-state index contributed by atoms with van der Waals surface area (Å²) in [6.45, 7) is 15.1. The largest absolute Gasteiger partial charge is 0.311 e. The summed E-state index contributed by atoms with van der Waals surface area (Å²) in [5, 5.41) is 5.99. The van der Waals surface area contributed by atoms with Gasteiger partial charge in [0.1, 0.15) is 0 Å². The molecule has 3 heteroatoms. The molecule has 1 aliphatic heterocycles. The van der Waals surface area contributed by atoms with Crippen molar-refractivity contribution in [2.45, 2.75) is 59.7 Å². The van der Waals surface area contributed by atoms with Gasteiger partial charge in [0.25, 0.3) is 0 Å². The van der Waals surface area contributed by atoms with Gasteiger partial charge in [-0.2, -0.15) is 0 Å².